The number of hydrogen-bond donors (Lipinski definition) is 1. The number of rotatable bonds is 4. The van der Waals surface area contributed by atoms with Gasteiger partial charge in [0.1, 0.15) is 5.75 Å². The zero-order chi connectivity index (χ0) is 20.2. The van der Waals surface area contributed by atoms with E-state index in [-0.39, 0.29) is 24.4 Å². The molecule has 2 heterocycles. The normalized spacial score (nSPS) is 27.0. The van der Waals surface area contributed by atoms with Gasteiger partial charge < -0.3 is 24.6 Å². The highest BCUT2D eigenvalue weighted by Crippen LogP contribution is 2.33. The van der Waals surface area contributed by atoms with Crippen molar-refractivity contribution in [3.05, 3.63) is 24.3 Å². The highest BCUT2D eigenvalue weighted by atomic mass is 16.5. The molecular formula is C22H31N3O4. The standard InChI is InChI=1S/C22H31N3O4/c1-16-6-2-3-7-17(16)23-21(26)15-25-14-20(22(27)24-10-12-28-13-11-24)29-19-9-5-4-8-18(19)25/h4-5,8-9,16-17,20H,2-3,6-7,10-15H2,1H3,(H,23,26). The molecule has 1 aromatic carbocycles. The minimum absolute atomic E-state index is 0.0121. The van der Waals surface area contributed by atoms with Gasteiger partial charge in [0.25, 0.3) is 5.91 Å². The fraction of sp³-hybridized carbons (Fsp3) is 0.636. The smallest absolute Gasteiger partial charge is 0.265 e. The Hall–Kier alpha value is -2.28. The van der Waals surface area contributed by atoms with E-state index in [2.05, 4.69) is 12.2 Å². The van der Waals surface area contributed by atoms with Crippen molar-refractivity contribution in [2.45, 2.75) is 44.8 Å². The van der Waals surface area contributed by atoms with Gasteiger partial charge in [0, 0.05) is 19.1 Å². The summed E-state index contributed by atoms with van der Waals surface area (Å²) in [6.45, 7) is 5.10. The maximum atomic E-state index is 13.0. The van der Waals surface area contributed by atoms with Crippen LogP contribution >= 0.6 is 0 Å². The van der Waals surface area contributed by atoms with Gasteiger partial charge in [-0.3, -0.25) is 9.59 Å². The summed E-state index contributed by atoms with van der Waals surface area (Å²) in [6.07, 6.45) is 4.03. The van der Waals surface area contributed by atoms with E-state index < -0.39 is 6.10 Å². The van der Waals surface area contributed by atoms with Crippen LogP contribution in [-0.4, -0.2) is 68.3 Å². The predicted octanol–water partition coefficient (Wildman–Crippen LogP) is 1.81. The lowest BCUT2D eigenvalue weighted by Gasteiger charge is -2.38. The average molecular weight is 402 g/mol. The number of carbonyl (C=O) groups is 2. The molecule has 0 radical (unpaired) electrons. The molecule has 1 saturated heterocycles. The summed E-state index contributed by atoms with van der Waals surface area (Å²) in [4.78, 5) is 29.6. The van der Waals surface area contributed by atoms with Gasteiger partial charge in [0.2, 0.25) is 5.91 Å². The van der Waals surface area contributed by atoms with Crippen molar-refractivity contribution in [3.8, 4) is 5.75 Å². The maximum absolute atomic E-state index is 13.0. The highest BCUT2D eigenvalue weighted by molar-refractivity contribution is 5.86. The molecule has 1 aromatic rings. The van der Waals surface area contributed by atoms with Crippen molar-refractivity contribution in [1.29, 1.82) is 0 Å². The summed E-state index contributed by atoms with van der Waals surface area (Å²) < 4.78 is 11.4. The van der Waals surface area contributed by atoms with Crippen LogP contribution in [0.2, 0.25) is 0 Å². The van der Waals surface area contributed by atoms with Crippen molar-refractivity contribution in [2.24, 2.45) is 5.92 Å². The summed E-state index contributed by atoms with van der Waals surface area (Å²) in [5, 5.41) is 3.22. The molecule has 29 heavy (non-hydrogen) atoms. The number of nitrogens with one attached hydrogen (secondary N) is 1. The highest BCUT2D eigenvalue weighted by Gasteiger charge is 2.35. The molecule has 0 aromatic heterocycles. The summed E-state index contributed by atoms with van der Waals surface area (Å²) in [5.41, 5.74) is 0.866. The molecule has 3 aliphatic rings. The molecule has 3 atom stereocenters. The van der Waals surface area contributed by atoms with Gasteiger partial charge in [-0.05, 0) is 30.9 Å². The Morgan fingerprint density at radius 2 is 1.90 bits per heavy atom. The lowest BCUT2D eigenvalue weighted by atomic mass is 9.86. The Bertz CT molecular complexity index is 735. The van der Waals surface area contributed by atoms with E-state index in [9.17, 15) is 9.59 Å². The Balaban J connectivity index is 1.44. The van der Waals surface area contributed by atoms with Gasteiger partial charge in [0.15, 0.2) is 6.10 Å². The zero-order valence-corrected chi connectivity index (χ0v) is 17.1. The van der Waals surface area contributed by atoms with Gasteiger partial charge >= 0.3 is 0 Å². The van der Waals surface area contributed by atoms with Gasteiger partial charge in [-0.1, -0.05) is 31.9 Å². The number of amides is 2. The first kappa shape index (κ1) is 20.0. The van der Waals surface area contributed by atoms with Crippen LogP contribution in [0.5, 0.6) is 5.75 Å². The van der Waals surface area contributed by atoms with Crippen LogP contribution < -0.4 is 15.0 Å². The average Bonchev–Trinajstić information content (AvgIpc) is 2.75. The predicted molar refractivity (Wildman–Crippen MR) is 110 cm³/mol. The summed E-state index contributed by atoms with van der Waals surface area (Å²) in [7, 11) is 0. The lowest BCUT2D eigenvalue weighted by Crippen LogP contribution is -2.54. The molecule has 4 rings (SSSR count). The number of ether oxygens (including phenoxy) is 2. The molecule has 1 aliphatic carbocycles. The molecule has 158 valence electrons. The third-order valence-electron chi connectivity index (χ3n) is 6.25. The Kier molecular flexibility index (Phi) is 6.23. The van der Waals surface area contributed by atoms with Crippen LogP contribution in [0.15, 0.2) is 24.3 Å². The molecule has 2 fully saturated rings. The maximum Gasteiger partial charge on any atom is 0.265 e. The zero-order valence-electron chi connectivity index (χ0n) is 17.1. The van der Waals surface area contributed by atoms with Gasteiger partial charge in [-0.2, -0.15) is 0 Å². The van der Waals surface area contributed by atoms with Crippen LogP contribution in [0.3, 0.4) is 0 Å². The van der Waals surface area contributed by atoms with E-state index in [1.54, 1.807) is 4.90 Å². The van der Waals surface area contributed by atoms with E-state index in [0.717, 1.165) is 12.1 Å². The van der Waals surface area contributed by atoms with Crippen molar-refractivity contribution in [1.82, 2.24) is 10.2 Å². The number of carbonyl (C=O) groups excluding carboxylic acids is 2. The molecule has 1 N–H and O–H groups in total. The molecular weight excluding hydrogens is 370 g/mol. The van der Waals surface area contributed by atoms with E-state index in [4.69, 9.17) is 9.47 Å². The number of fused-ring (bicyclic) bond motifs is 1. The van der Waals surface area contributed by atoms with Crippen LogP contribution in [0, 0.1) is 5.92 Å². The Labute approximate surface area is 172 Å². The topological polar surface area (TPSA) is 71.1 Å². The first-order valence-corrected chi connectivity index (χ1v) is 10.8. The number of para-hydroxylation sites is 2. The van der Waals surface area contributed by atoms with Crippen molar-refractivity contribution in [2.75, 3.05) is 44.3 Å². The number of nitrogens with zero attached hydrogens (tertiary/aromatic N) is 2. The molecule has 1 saturated carbocycles. The monoisotopic (exact) mass is 401 g/mol. The lowest BCUT2D eigenvalue weighted by molar-refractivity contribution is -0.142. The van der Waals surface area contributed by atoms with E-state index in [0.29, 0.717) is 44.5 Å². The fourth-order valence-corrected chi connectivity index (χ4v) is 4.53. The van der Waals surface area contributed by atoms with E-state index >= 15 is 0 Å². The van der Waals surface area contributed by atoms with E-state index in [1.165, 1.54) is 19.3 Å². The second kappa shape index (κ2) is 9.03. The van der Waals surface area contributed by atoms with Crippen molar-refractivity contribution in [3.63, 3.8) is 0 Å². The number of benzene rings is 1. The quantitative estimate of drug-likeness (QED) is 0.833. The summed E-state index contributed by atoms with van der Waals surface area (Å²) in [6, 6.07) is 7.88. The molecule has 2 amide bonds. The third kappa shape index (κ3) is 4.66. The van der Waals surface area contributed by atoms with Gasteiger partial charge in [-0.25, -0.2) is 0 Å². The first-order chi connectivity index (χ1) is 14.1. The molecule has 0 bridgehead atoms. The largest absolute Gasteiger partial charge is 0.477 e. The van der Waals surface area contributed by atoms with Crippen LogP contribution in [0.1, 0.15) is 32.6 Å². The number of hydrogen-bond acceptors (Lipinski definition) is 5. The van der Waals surface area contributed by atoms with Crippen LogP contribution in [0.25, 0.3) is 0 Å². The van der Waals surface area contributed by atoms with Crippen molar-refractivity contribution < 1.29 is 19.1 Å². The SMILES string of the molecule is CC1CCCCC1NC(=O)CN1CC(C(=O)N2CCOCC2)Oc2ccccc21. The molecule has 3 unspecified atom stereocenters. The fourth-order valence-electron chi connectivity index (χ4n) is 4.53. The second-order valence-electron chi connectivity index (χ2n) is 8.33. The summed E-state index contributed by atoms with van der Waals surface area (Å²) in [5.74, 6) is 1.15. The van der Waals surface area contributed by atoms with Gasteiger partial charge in [-0.15, -0.1) is 0 Å². The minimum Gasteiger partial charge on any atom is -0.477 e. The summed E-state index contributed by atoms with van der Waals surface area (Å²) >= 11 is 0. The Morgan fingerprint density at radius 1 is 1.14 bits per heavy atom. The molecule has 2 aliphatic heterocycles. The first-order valence-electron chi connectivity index (χ1n) is 10.8. The van der Waals surface area contributed by atoms with Gasteiger partial charge in [0.05, 0.1) is 32.0 Å². The van der Waals surface area contributed by atoms with Crippen molar-refractivity contribution >= 4 is 17.5 Å². The van der Waals surface area contributed by atoms with Crippen LogP contribution in [0.4, 0.5) is 5.69 Å². The number of anilines is 1. The molecule has 0 spiro atoms. The second-order valence-corrected chi connectivity index (χ2v) is 8.33. The van der Waals surface area contributed by atoms with E-state index in [1.807, 2.05) is 29.2 Å². The molecule has 7 heteroatoms. The van der Waals surface area contributed by atoms with Crippen LogP contribution in [-0.2, 0) is 14.3 Å². The minimum atomic E-state index is -0.607. The molecule has 7 nitrogen and oxygen atoms in total. The number of morpholine rings is 1. The Morgan fingerprint density at radius 3 is 2.69 bits per heavy atom. The third-order valence-corrected chi connectivity index (χ3v) is 6.25.